The van der Waals surface area contributed by atoms with Gasteiger partial charge in [-0.25, -0.2) is 8.42 Å². The number of nitrogens with zero attached hydrogens (tertiary/aromatic N) is 2. The molecule has 0 amide bonds. The Kier molecular flexibility index (Phi) is 6.11. The van der Waals surface area contributed by atoms with Gasteiger partial charge in [0.05, 0.1) is 4.92 Å². The van der Waals surface area contributed by atoms with Crippen molar-refractivity contribution in [3.8, 4) is 0 Å². The van der Waals surface area contributed by atoms with Gasteiger partial charge in [0.25, 0.3) is 10.0 Å². The maximum Gasteiger partial charge on any atom is 0.304 e. The molecule has 0 bridgehead atoms. The molecule has 0 radical (unpaired) electrons. The second-order valence-electron chi connectivity index (χ2n) is 4.73. The summed E-state index contributed by atoms with van der Waals surface area (Å²) in [6.45, 7) is 6.10. The molecule has 0 aliphatic heterocycles. The SMILES string of the molecule is CCCC(C)N(C)S(=O)(=O)c1cc([N+](=O)[O-])c(NCC)s1. The second-order valence-corrected chi connectivity index (χ2v) is 8.00. The third kappa shape index (κ3) is 3.92. The maximum atomic E-state index is 12.5. The lowest BCUT2D eigenvalue weighted by Gasteiger charge is -2.22. The van der Waals surface area contributed by atoms with Gasteiger partial charge in [0.1, 0.15) is 4.21 Å². The maximum absolute atomic E-state index is 12.5. The van der Waals surface area contributed by atoms with Crippen LogP contribution in [0.15, 0.2) is 10.3 Å². The molecule has 21 heavy (non-hydrogen) atoms. The molecule has 0 fully saturated rings. The highest BCUT2D eigenvalue weighted by atomic mass is 32.2. The van der Waals surface area contributed by atoms with E-state index < -0.39 is 14.9 Å². The summed E-state index contributed by atoms with van der Waals surface area (Å²) in [5, 5.41) is 14.1. The van der Waals surface area contributed by atoms with E-state index in [4.69, 9.17) is 0 Å². The summed E-state index contributed by atoms with van der Waals surface area (Å²) in [6, 6.07) is 0.983. The Morgan fingerprint density at radius 1 is 1.48 bits per heavy atom. The van der Waals surface area contributed by atoms with Gasteiger partial charge in [-0.15, -0.1) is 0 Å². The first-order valence-electron chi connectivity index (χ1n) is 6.75. The summed E-state index contributed by atoms with van der Waals surface area (Å²) in [5.41, 5.74) is -0.197. The first-order chi connectivity index (χ1) is 9.75. The van der Waals surface area contributed by atoms with Crippen LogP contribution in [0.1, 0.15) is 33.6 Å². The molecule has 7 nitrogen and oxygen atoms in total. The van der Waals surface area contributed by atoms with Crippen LogP contribution in [0, 0.1) is 10.1 Å². The van der Waals surface area contributed by atoms with Crippen molar-refractivity contribution in [3.05, 3.63) is 16.2 Å². The molecule has 120 valence electrons. The molecule has 0 saturated heterocycles. The molecule has 1 N–H and O–H groups in total. The first-order valence-corrected chi connectivity index (χ1v) is 9.01. The molecule has 1 aromatic heterocycles. The zero-order valence-corrected chi connectivity index (χ0v) is 14.3. The topological polar surface area (TPSA) is 92.5 Å². The lowest BCUT2D eigenvalue weighted by molar-refractivity contribution is -0.383. The third-order valence-corrected chi connectivity index (χ3v) is 6.69. The summed E-state index contributed by atoms with van der Waals surface area (Å²) in [6.07, 6.45) is 1.61. The monoisotopic (exact) mass is 335 g/mol. The van der Waals surface area contributed by atoms with E-state index in [1.54, 1.807) is 6.92 Å². The van der Waals surface area contributed by atoms with Crippen molar-refractivity contribution in [1.82, 2.24) is 4.31 Å². The first kappa shape index (κ1) is 17.9. The van der Waals surface area contributed by atoms with Gasteiger partial charge in [-0.05, 0) is 20.3 Å². The van der Waals surface area contributed by atoms with E-state index >= 15 is 0 Å². The predicted octanol–water partition coefficient (Wildman–Crippen LogP) is 2.90. The van der Waals surface area contributed by atoms with E-state index in [0.717, 1.165) is 30.2 Å². The van der Waals surface area contributed by atoms with E-state index in [-0.39, 0.29) is 20.9 Å². The van der Waals surface area contributed by atoms with Crippen LogP contribution in [0.4, 0.5) is 10.7 Å². The highest BCUT2D eigenvalue weighted by Crippen LogP contribution is 2.38. The minimum atomic E-state index is -3.71. The van der Waals surface area contributed by atoms with Crippen LogP contribution in [0.5, 0.6) is 0 Å². The highest BCUT2D eigenvalue weighted by molar-refractivity contribution is 7.91. The highest BCUT2D eigenvalue weighted by Gasteiger charge is 2.31. The summed E-state index contributed by atoms with van der Waals surface area (Å²) < 4.78 is 26.3. The van der Waals surface area contributed by atoms with Gasteiger partial charge in [0.15, 0.2) is 5.00 Å². The predicted molar refractivity (Wildman–Crippen MR) is 84.5 cm³/mol. The van der Waals surface area contributed by atoms with Gasteiger partial charge in [0, 0.05) is 25.7 Å². The van der Waals surface area contributed by atoms with Crippen molar-refractivity contribution < 1.29 is 13.3 Å². The number of nitrogens with one attached hydrogen (secondary N) is 1. The molecule has 0 aliphatic rings. The quantitative estimate of drug-likeness (QED) is 0.582. The number of sulfonamides is 1. The van der Waals surface area contributed by atoms with Gasteiger partial charge in [0.2, 0.25) is 0 Å². The van der Waals surface area contributed by atoms with Crippen LogP contribution >= 0.6 is 11.3 Å². The minimum Gasteiger partial charge on any atom is -0.372 e. The van der Waals surface area contributed by atoms with Gasteiger partial charge in [-0.1, -0.05) is 24.7 Å². The van der Waals surface area contributed by atoms with Crippen LogP contribution in [0.25, 0.3) is 0 Å². The summed E-state index contributed by atoms with van der Waals surface area (Å²) in [5.74, 6) is 0. The van der Waals surface area contributed by atoms with Crippen molar-refractivity contribution in [2.24, 2.45) is 0 Å². The molecule has 1 rings (SSSR count). The third-order valence-electron chi connectivity index (χ3n) is 3.18. The van der Waals surface area contributed by atoms with Gasteiger partial charge in [-0.3, -0.25) is 10.1 Å². The van der Waals surface area contributed by atoms with Gasteiger partial charge >= 0.3 is 5.69 Å². The van der Waals surface area contributed by atoms with E-state index in [0.29, 0.717) is 6.54 Å². The van der Waals surface area contributed by atoms with Crippen molar-refractivity contribution in [2.75, 3.05) is 18.9 Å². The number of thiophene rings is 1. The number of anilines is 1. The van der Waals surface area contributed by atoms with Crippen LogP contribution in [0.2, 0.25) is 0 Å². The molecule has 9 heteroatoms. The van der Waals surface area contributed by atoms with Gasteiger partial charge < -0.3 is 5.32 Å². The van der Waals surface area contributed by atoms with Crippen LogP contribution < -0.4 is 5.32 Å². The Morgan fingerprint density at radius 3 is 2.57 bits per heavy atom. The standard InChI is InChI=1S/C12H21N3O4S2/c1-5-7-9(3)14(4)21(18,19)11-8-10(15(16)17)12(20-11)13-6-2/h8-9,13H,5-7H2,1-4H3. The zero-order valence-electron chi connectivity index (χ0n) is 12.6. The fourth-order valence-corrected chi connectivity index (χ4v) is 4.86. The summed E-state index contributed by atoms with van der Waals surface area (Å²) in [7, 11) is -2.20. The largest absolute Gasteiger partial charge is 0.372 e. The number of hydrogen-bond donors (Lipinski definition) is 1. The van der Waals surface area contributed by atoms with Crippen molar-refractivity contribution in [1.29, 1.82) is 0 Å². The number of hydrogen-bond acceptors (Lipinski definition) is 6. The fourth-order valence-electron chi connectivity index (χ4n) is 1.89. The number of nitro groups is 1. The van der Waals surface area contributed by atoms with Crippen LogP contribution in [-0.2, 0) is 10.0 Å². The molecule has 0 aromatic carbocycles. The summed E-state index contributed by atoms with van der Waals surface area (Å²) in [4.78, 5) is 10.4. The molecule has 0 spiro atoms. The Morgan fingerprint density at radius 2 is 2.10 bits per heavy atom. The van der Waals surface area contributed by atoms with Crippen LogP contribution in [0.3, 0.4) is 0 Å². The van der Waals surface area contributed by atoms with E-state index in [1.165, 1.54) is 11.4 Å². The Hall–Kier alpha value is -1.19. The van der Waals surface area contributed by atoms with E-state index in [1.807, 2.05) is 13.8 Å². The molecular formula is C12H21N3O4S2. The van der Waals surface area contributed by atoms with Crippen molar-refractivity contribution in [2.45, 2.75) is 43.9 Å². The summed E-state index contributed by atoms with van der Waals surface area (Å²) >= 11 is 0.901. The van der Waals surface area contributed by atoms with Crippen molar-refractivity contribution >= 4 is 32.0 Å². The fraction of sp³-hybridized carbons (Fsp3) is 0.667. The Bertz CT molecular complexity index is 598. The normalized spacial score (nSPS) is 13.4. The molecule has 1 atom stereocenters. The molecule has 1 unspecified atom stereocenters. The number of rotatable bonds is 8. The van der Waals surface area contributed by atoms with Crippen LogP contribution in [-0.4, -0.2) is 37.3 Å². The minimum absolute atomic E-state index is 0.00407. The molecule has 0 aliphatic carbocycles. The zero-order chi connectivity index (χ0) is 16.2. The molecular weight excluding hydrogens is 314 g/mol. The average molecular weight is 335 g/mol. The smallest absolute Gasteiger partial charge is 0.304 e. The Balaban J connectivity index is 3.19. The lowest BCUT2D eigenvalue weighted by atomic mass is 10.2. The Labute approximate surface area is 129 Å². The van der Waals surface area contributed by atoms with E-state index in [9.17, 15) is 18.5 Å². The molecule has 1 aromatic rings. The van der Waals surface area contributed by atoms with Gasteiger partial charge in [-0.2, -0.15) is 4.31 Å². The average Bonchev–Trinajstić information content (AvgIpc) is 2.83. The molecule has 0 saturated carbocycles. The van der Waals surface area contributed by atoms with Crippen molar-refractivity contribution in [3.63, 3.8) is 0 Å². The second kappa shape index (κ2) is 7.19. The lowest BCUT2D eigenvalue weighted by Crippen LogP contribution is -2.34. The molecule has 1 heterocycles. The van der Waals surface area contributed by atoms with E-state index in [2.05, 4.69) is 5.32 Å².